The molecule has 0 aromatic carbocycles. The number of carbonyl (C=O) groups excluding carboxylic acids is 1. The molecule has 1 N–H and O–H groups in total. The molecule has 0 saturated carbocycles. The van der Waals surface area contributed by atoms with Gasteiger partial charge in [-0.3, -0.25) is 19.4 Å². The van der Waals surface area contributed by atoms with E-state index in [2.05, 4.69) is 4.90 Å². The van der Waals surface area contributed by atoms with Gasteiger partial charge in [0.25, 0.3) is 0 Å². The summed E-state index contributed by atoms with van der Waals surface area (Å²) in [5.41, 5.74) is 0. The van der Waals surface area contributed by atoms with Crippen LogP contribution in [0, 0.1) is 11.8 Å². The van der Waals surface area contributed by atoms with Gasteiger partial charge < -0.3 is 14.7 Å². The Morgan fingerprint density at radius 3 is 2.48 bits per heavy atom. The lowest BCUT2D eigenvalue weighted by molar-refractivity contribution is -0.140. The largest absolute Gasteiger partial charge is 0.480 e. The van der Waals surface area contributed by atoms with Crippen LogP contribution in [0.2, 0.25) is 0 Å². The Kier molecular flexibility index (Phi) is 9.07. The first-order valence-electron chi connectivity index (χ1n) is 10.8. The van der Waals surface area contributed by atoms with Crippen LogP contribution in [-0.4, -0.2) is 96.8 Å². The van der Waals surface area contributed by atoms with Gasteiger partial charge >= 0.3 is 5.97 Å². The van der Waals surface area contributed by atoms with Crippen LogP contribution in [-0.2, 0) is 14.3 Å². The number of nitrogens with zero attached hydrogens (tertiary/aromatic N) is 3. The highest BCUT2D eigenvalue weighted by Gasteiger charge is 2.41. The van der Waals surface area contributed by atoms with E-state index < -0.39 is 5.97 Å². The van der Waals surface area contributed by atoms with E-state index in [0.717, 1.165) is 32.6 Å². The number of ether oxygens (including phenoxy) is 1. The van der Waals surface area contributed by atoms with Crippen molar-refractivity contribution in [1.82, 2.24) is 14.7 Å². The lowest BCUT2D eigenvalue weighted by atomic mass is 9.93. The summed E-state index contributed by atoms with van der Waals surface area (Å²) >= 11 is 5.92. The maximum absolute atomic E-state index is 13.4. The van der Waals surface area contributed by atoms with Crippen LogP contribution < -0.4 is 0 Å². The summed E-state index contributed by atoms with van der Waals surface area (Å²) in [5.74, 6) is -0.836. The van der Waals surface area contributed by atoms with Crippen LogP contribution >= 0.6 is 11.6 Å². The molecule has 1 unspecified atom stereocenters. The van der Waals surface area contributed by atoms with Crippen molar-refractivity contribution in [2.75, 3.05) is 59.0 Å². The van der Waals surface area contributed by atoms with E-state index in [1.54, 1.807) is 12.2 Å². The number of carboxylic acids is 1. The minimum absolute atomic E-state index is 0.00870. The topological polar surface area (TPSA) is 73.3 Å². The molecule has 3 heterocycles. The fourth-order valence-corrected chi connectivity index (χ4v) is 4.74. The highest BCUT2D eigenvalue weighted by Crippen LogP contribution is 2.31. The van der Waals surface area contributed by atoms with Crippen molar-refractivity contribution < 1.29 is 23.8 Å². The number of aliphatic carboxylic acids is 1. The number of carbonyl (C=O) groups is 2. The third kappa shape index (κ3) is 6.87. The third-order valence-corrected chi connectivity index (χ3v) is 6.55. The maximum atomic E-state index is 13.4. The van der Waals surface area contributed by atoms with E-state index in [1.165, 1.54) is 6.08 Å². The van der Waals surface area contributed by atoms with E-state index in [-0.39, 0.29) is 29.3 Å². The molecule has 3 aliphatic rings. The average molecular weight is 456 g/mol. The number of piperazine rings is 1. The van der Waals surface area contributed by atoms with Gasteiger partial charge in [0, 0.05) is 69.5 Å². The Hall–Kier alpha value is -1.74. The molecule has 0 bridgehead atoms. The minimum atomic E-state index is -0.845. The molecule has 0 aliphatic carbocycles. The van der Waals surface area contributed by atoms with Gasteiger partial charge in [0.15, 0.2) is 0 Å². The fourth-order valence-electron chi connectivity index (χ4n) is 4.62. The monoisotopic (exact) mass is 455 g/mol. The Labute approximate surface area is 187 Å². The first-order chi connectivity index (χ1) is 15.0. The minimum Gasteiger partial charge on any atom is -0.480 e. The van der Waals surface area contributed by atoms with Crippen molar-refractivity contribution in [3.63, 3.8) is 0 Å². The SMILES string of the molecule is O=C(O)CN1CCN(C(=O)C2CN(C3CCOCC3)C[C@H]2/C=C/C=C(Cl)\C=C\F)CC1. The van der Waals surface area contributed by atoms with Gasteiger partial charge in [-0.15, -0.1) is 0 Å². The zero-order valence-electron chi connectivity index (χ0n) is 17.7. The molecular weight excluding hydrogens is 425 g/mol. The van der Waals surface area contributed by atoms with Crippen molar-refractivity contribution in [3.8, 4) is 0 Å². The van der Waals surface area contributed by atoms with Gasteiger partial charge in [0.1, 0.15) is 0 Å². The summed E-state index contributed by atoms with van der Waals surface area (Å²) in [5, 5.41) is 9.26. The van der Waals surface area contributed by atoms with Crippen LogP contribution in [0.5, 0.6) is 0 Å². The number of hydrogen-bond acceptors (Lipinski definition) is 5. The lowest BCUT2D eigenvalue weighted by Crippen LogP contribution is -2.52. The number of allylic oxidation sites excluding steroid dienone is 4. The van der Waals surface area contributed by atoms with Gasteiger partial charge in [-0.2, -0.15) is 0 Å². The predicted octanol–water partition coefficient (Wildman–Crippen LogP) is 2.10. The molecule has 0 aromatic rings. The molecule has 3 fully saturated rings. The summed E-state index contributed by atoms with van der Waals surface area (Å²) in [7, 11) is 0. The summed E-state index contributed by atoms with van der Waals surface area (Å²) in [6, 6.07) is 0.420. The Morgan fingerprint density at radius 2 is 1.84 bits per heavy atom. The molecule has 7 nitrogen and oxygen atoms in total. The first-order valence-corrected chi connectivity index (χ1v) is 11.2. The molecule has 1 amide bonds. The van der Waals surface area contributed by atoms with Crippen molar-refractivity contribution in [3.05, 3.63) is 35.7 Å². The van der Waals surface area contributed by atoms with Crippen molar-refractivity contribution in [2.45, 2.75) is 18.9 Å². The zero-order chi connectivity index (χ0) is 22.2. The van der Waals surface area contributed by atoms with E-state index in [1.807, 2.05) is 15.9 Å². The predicted molar refractivity (Wildman–Crippen MR) is 116 cm³/mol. The van der Waals surface area contributed by atoms with E-state index in [0.29, 0.717) is 45.1 Å². The second-order valence-electron chi connectivity index (χ2n) is 8.29. The van der Waals surface area contributed by atoms with E-state index in [4.69, 9.17) is 21.4 Å². The van der Waals surface area contributed by atoms with Crippen molar-refractivity contribution in [1.29, 1.82) is 0 Å². The van der Waals surface area contributed by atoms with Crippen LogP contribution in [0.3, 0.4) is 0 Å². The number of likely N-dealkylation sites (tertiary alicyclic amines) is 1. The molecule has 0 aromatic heterocycles. The molecule has 0 radical (unpaired) electrons. The number of halogens is 2. The van der Waals surface area contributed by atoms with Gasteiger partial charge in [0.2, 0.25) is 5.91 Å². The molecule has 0 spiro atoms. The molecule has 3 rings (SSSR count). The smallest absolute Gasteiger partial charge is 0.317 e. The number of hydrogen-bond donors (Lipinski definition) is 1. The van der Waals surface area contributed by atoms with Crippen molar-refractivity contribution in [2.24, 2.45) is 11.8 Å². The summed E-state index contributed by atoms with van der Waals surface area (Å²) in [4.78, 5) is 30.4. The third-order valence-electron chi connectivity index (χ3n) is 6.30. The van der Waals surface area contributed by atoms with Crippen molar-refractivity contribution >= 4 is 23.5 Å². The molecule has 3 saturated heterocycles. The van der Waals surface area contributed by atoms with Gasteiger partial charge in [0.05, 0.1) is 18.8 Å². The summed E-state index contributed by atoms with van der Waals surface area (Å²) in [6.07, 6.45) is 8.93. The van der Waals surface area contributed by atoms with Crippen LogP contribution in [0.15, 0.2) is 35.7 Å². The van der Waals surface area contributed by atoms with Gasteiger partial charge in [-0.25, -0.2) is 4.39 Å². The zero-order valence-corrected chi connectivity index (χ0v) is 18.4. The molecule has 172 valence electrons. The summed E-state index contributed by atoms with van der Waals surface area (Å²) < 4.78 is 17.8. The highest BCUT2D eigenvalue weighted by atomic mass is 35.5. The summed E-state index contributed by atoms with van der Waals surface area (Å²) in [6.45, 7) is 5.24. The normalized spacial score (nSPS) is 27.5. The fraction of sp³-hybridized carbons (Fsp3) is 0.636. The molecule has 9 heteroatoms. The second-order valence-corrected chi connectivity index (χ2v) is 8.73. The second kappa shape index (κ2) is 11.8. The number of rotatable bonds is 7. The van der Waals surface area contributed by atoms with Crippen LogP contribution in [0.4, 0.5) is 4.39 Å². The maximum Gasteiger partial charge on any atom is 0.317 e. The quantitative estimate of drug-likeness (QED) is 0.593. The Balaban J connectivity index is 1.66. The number of amides is 1. The lowest BCUT2D eigenvalue weighted by Gasteiger charge is -2.36. The van der Waals surface area contributed by atoms with Gasteiger partial charge in [-0.1, -0.05) is 23.8 Å². The highest BCUT2D eigenvalue weighted by molar-refractivity contribution is 6.31. The van der Waals surface area contributed by atoms with E-state index in [9.17, 15) is 14.0 Å². The average Bonchev–Trinajstić information content (AvgIpc) is 3.18. The first kappa shape index (κ1) is 23.9. The molecular formula is C22H31ClFN3O4. The van der Waals surface area contributed by atoms with E-state index >= 15 is 0 Å². The standard InChI is InChI=1S/C22H31ClFN3O4/c23-18(4-7-24)3-1-2-17-14-27(19-5-12-31-13-6-19)15-20(17)22(30)26-10-8-25(9-11-26)16-21(28)29/h1-4,7,17,19-20H,5-6,8-16H2,(H,28,29)/b2-1+,7-4+,18-3+/t17-,20?/m1/s1. The van der Waals surface area contributed by atoms with Crippen LogP contribution in [0.25, 0.3) is 0 Å². The van der Waals surface area contributed by atoms with Crippen LogP contribution in [0.1, 0.15) is 12.8 Å². The number of carboxylic acid groups (broad SMARTS) is 1. The Morgan fingerprint density at radius 1 is 1.13 bits per heavy atom. The van der Waals surface area contributed by atoms with Gasteiger partial charge in [-0.05, 0) is 25.0 Å². The molecule has 3 aliphatic heterocycles. The Bertz CT molecular complexity index is 716. The molecule has 31 heavy (non-hydrogen) atoms. The molecule has 2 atom stereocenters.